The first-order valence-corrected chi connectivity index (χ1v) is 6.81. The van der Waals surface area contributed by atoms with Crippen molar-refractivity contribution >= 4 is 5.91 Å². The molecular formula is C13H24N2O. The van der Waals surface area contributed by atoms with Crippen LogP contribution < -0.4 is 5.32 Å². The van der Waals surface area contributed by atoms with Crippen molar-refractivity contribution in [3.63, 3.8) is 0 Å². The molecular weight excluding hydrogens is 200 g/mol. The normalized spacial score (nSPS) is 27.3. The number of rotatable bonds is 3. The van der Waals surface area contributed by atoms with E-state index in [1.165, 1.54) is 25.7 Å². The third kappa shape index (κ3) is 2.76. The van der Waals surface area contributed by atoms with Crippen LogP contribution in [0.3, 0.4) is 0 Å². The number of amides is 1. The summed E-state index contributed by atoms with van der Waals surface area (Å²) in [5.74, 6) is 1.04. The molecule has 3 heteroatoms. The second kappa shape index (κ2) is 5.67. The highest BCUT2D eigenvalue weighted by Crippen LogP contribution is 2.24. The number of hydrogen-bond donors (Lipinski definition) is 1. The smallest absolute Gasteiger partial charge is 0.223 e. The van der Waals surface area contributed by atoms with Crippen molar-refractivity contribution < 1.29 is 4.79 Å². The van der Waals surface area contributed by atoms with E-state index in [0.717, 1.165) is 32.5 Å². The van der Waals surface area contributed by atoms with E-state index in [9.17, 15) is 4.79 Å². The molecule has 16 heavy (non-hydrogen) atoms. The summed E-state index contributed by atoms with van der Waals surface area (Å²) < 4.78 is 0. The topological polar surface area (TPSA) is 32.3 Å². The maximum Gasteiger partial charge on any atom is 0.223 e. The quantitative estimate of drug-likeness (QED) is 0.792. The van der Waals surface area contributed by atoms with Gasteiger partial charge in [-0.3, -0.25) is 4.79 Å². The largest absolute Gasteiger partial charge is 0.340 e. The van der Waals surface area contributed by atoms with E-state index in [1.54, 1.807) is 0 Å². The van der Waals surface area contributed by atoms with Gasteiger partial charge in [-0.05, 0) is 51.1 Å². The Morgan fingerprint density at radius 3 is 2.75 bits per heavy atom. The molecule has 0 aromatic heterocycles. The third-order valence-electron chi connectivity index (χ3n) is 4.09. The minimum atomic E-state index is 0.413. The average Bonchev–Trinajstić information content (AvgIpc) is 2.78. The van der Waals surface area contributed by atoms with Gasteiger partial charge in [0.05, 0.1) is 0 Å². The second-order valence-electron chi connectivity index (χ2n) is 5.19. The van der Waals surface area contributed by atoms with Gasteiger partial charge in [0.1, 0.15) is 0 Å². The molecule has 0 radical (unpaired) electrons. The molecule has 1 unspecified atom stereocenters. The van der Waals surface area contributed by atoms with Crippen LogP contribution in [0.2, 0.25) is 0 Å². The average molecular weight is 224 g/mol. The SMILES string of the molecule is CCC1CCCN1C(=O)CC1CCNCC1. The summed E-state index contributed by atoms with van der Waals surface area (Å²) in [6, 6.07) is 0.536. The summed E-state index contributed by atoms with van der Waals surface area (Å²) >= 11 is 0. The number of hydrogen-bond acceptors (Lipinski definition) is 2. The highest BCUT2D eigenvalue weighted by molar-refractivity contribution is 5.77. The van der Waals surface area contributed by atoms with Crippen LogP contribution in [0, 0.1) is 5.92 Å². The lowest BCUT2D eigenvalue weighted by Crippen LogP contribution is -2.37. The summed E-state index contributed by atoms with van der Waals surface area (Å²) in [5, 5.41) is 3.35. The molecule has 0 aliphatic carbocycles. The Bertz CT molecular complexity index is 236. The van der Waals surface area contributed by atoms with E-state index in [2.05, 4.69) is 17.1 Å². The van der Waals surface area contributed by atoms with Crippen LogP contribution in [-0.4, -0.2) is 36.5 Å². The molecule has 2 saturated heterocycles. The molecule has 0 saturated carbocycles. The number of carbonyl (C=O) groups excluding carboxylic acids is 1. The maximum atomic E-state index is 12.2. The molecule has 2 aliphatic rings. The molecule has 2 rings (SSSR count). The van der Waals surface area contributed by atoms with Crippen LogP contribution in [0.5, 0.6) is 0 Å². The molecule has 1 amide bonds. The lowest BCUT2D eigenvalue weighted by Gasteiger charge is -2.28. The number of nitrogens with zero attached hydrogens (tertiary/aromatic N) is 1. The van der Waals surface area contributed by atoms with Gasteiger partial charge in [0.25, 0.3) is 0 Å². The Balaban J connectivity index is 1.82. The van der Waals surface area contributed by atoms with E-state index in [0.29, 0.717) is 17.9 Å². The summed E-state index contributed by atoms with van der Waals surface area (Å²) in [5.41, 5.74) is 0. The standard InChI is InChI=1S/C13H24N2O/c1-2-12-4-3-9-15(12)13(16)10-11-5-7-14-8-6-11/h11-12,14H,2-10H2,1H3. The van der Waals surface area contributed by atoms with Crippen molar-refractivity contribution in [2.75, 3.05) is 19.6 Å². The highest BCUT2D eigenvalue weighted by atomic mass is 16.2. The van der Waals surface area contributed by atoms with Gasteiger partial charge in [-0.2, -0.15) is 0 Å². The van der Waals surface area contributed by atoms with Gasteiger partial charge in [0, 0.05) is 19.0 Å². The lowest BCUT2D eigenvalue weighted by molar-refractivity contribution is -0.133. The Hall–Kier alpha value is -0.570. The number of nitrogens with one attached hydrogen (secondary N) is 1. The maximum absolute atomic E-state index is 12.2. The van der Waals surface area contributed by atoms with Crippen molar-refractivity contribution in [2.45, 2.75) is 51.5 Å². The predicted octanol–water partition coefficient (Wildman–Crippen LogP) is 1.78. The zero-order chi connectivity index (χ0) is 11.4. The fraction of sp³-hybridized carbons (Fsp3) is 0.923. The van der Waals surface area contributed by atoms with E-state index < -0.39 is 0 Å². The van der Waals surface area contributed by atoms with Gasteiger partial charge in [-0.1, -0.05) is 6.92 Å². The minimum Gasteiger partial charge on any atom is -0.340 e. The second-order valence-corrected chi connectivity index (χ2v) is 5.19. The summed E-state index contributed by atoms with van der Waals surface area (Å²) in [6.45, 7) is 5.38. The first-order valence-electron chi connectivity index (χ1n) is 6.81. The van der Waals surface area contributed by atoms with Gasteiger partial charge in [0.15, 0.2) is 0 Å². The number of likely N-dealkylation sites (tertiary alicyclic amines) is 1. The van der Waals surface area contributed by atoms with Crippen LogP contribution in [0.4, 0.5) is 0 Å². The van der Waals surface area contributed by atoms with Crippen molar-refractivity contribution in [1.82, 2.24) is 10.2 Å². The summed E-state index contributed by atoms with van der Waals surface area (Å²) in [7, 11) is 0. The molecule has 2 aliphatic heterocycles. The Labute approximate surface area is 98.6 Å². The Morgan fingerprint density at radius 1 is 1.31 bits per heavy atom. The molecule has 0 spiro atoms. The monoisotopic (exact) mass is 224 g/mol. The van der Waals surface area contributed by atoms with Crippen molar-refractivity contribution in [1.29, 1.82) is 0 Å². The van der Waals surface area contributed by atoms with E-state index in [1.807, 2.05) is 0 Å². The molecule has 2 fully saturated rings. The number of carbonyl (C=O) groups is 1. The van der Waals surface area contributed by atoms with Crippen LogP contribution >= 0.6 is 0 Å². The zero-order valence-electron chi connectivity index (χ0n) is 10.4. The van der Waals surface area contributed by atoms with Gasteiger partial charge in [-0.15, -0.1) is 0 Å². The first-order chi connectivity index (χ1) is 7.81. The molecule has 1 N–H and O–H groups in total. The summed E-state index contributed by atoms with van der Waals surface area (Å²) in [6.07, 6.45) is 6.69. The van der Waals surface area contributed by atoms with Crippen LogP contribution in [-0.2, 0) is 4.79 Å². The molecule has 1 atom stereocenters. The highest BCUT2D eigenvalue weighted by Gasteiger charge is 2.28. The zero-order valence-corrected chi connectivity index (χ0v) is 10.4. The van der Waals surface area contributed by atoms with Gasteiger partial charge in [0.2, 0.25) is 5.91 Å². The number of piperidine rings is 1. The fourth-order valence-electron chi connectivity index (χ4n) is 3.04. The van der Waals surface area contributed by atoms with E-state index in [-0.39, 0.29) is 0 Å². The van der Waals surface area contributed by atoms with Gasteiger partial charge in [-0.25, -0.2) is 0 Å². The third-order valence-corrected chi connectivity index (χ3v) is 4.09. The van der Waals surface area contributed by atoms with Crippen molar-refractivity contribution in [3.8, 4) is 0 Å². The Kier molecular flexibility index (Phi) is 4.22. The van der Waals surface area contributed by atoms with Crippen LogP contribution in [0.1, 0.15) is 45.4 Å². The molecule has 3 nitrogen and oxygen atoms in total. The Morgan fingerprint density at radius 2 is 2.06 bits per heavy atom. The summed E-state index contributed by atoms with van der Waals surface area (Å²) in [4.78, 5) is 14.3. The fourth-order valence-corrected chi connectivity index (χ4v) is 3.04. The van der Waals surface area contributed by atoms with Crippen LogP contribution in [0.25, 0.3) is 0 Å². The molecule has 0 aromatic carbocycles. The molecule has 0 bridgehead atoms. The van der Waals surface area contributed by atoms with Gasteiger partial charge < -0.3 is 10.2 Å². The van der Waals surface area contributed by atoms with Crippen molar-refractivity contribution in [3.05, 3.63) is 0 Å². The predicted molar refractivity (Wildman–Crippen MR) is 65.2 cm³/mol. The van der Waals surface area contributed by atoms with Crippen LogP contribution in [0.15, 0.2) is 0 Å². The van der Waals surface area contributed by atoms with E-state index in [4.69, 9.17) is 0 Å². The first kappa shape index (κ1) is 11.9. The van der Waals surface area contributed by atoms with Gasteiger partial charge >= 0.3 is 0 Å². The minimum absolute atomic E-state index is 0.413. The lowest BCUT2D eigenvalue weighted by atomic mass is 9.94. The molecule has 92 valence electrons. The van der Waals surface area contributed by atoms with Crippen molar-refractivity contribution in [2.24, 2.45) is 5.92 Å². The molecule has 2 heterocycles. The van der Waals surface area contributed by atoms with E-state index >= 15 is 0 Å². The molecule has 0 aromatic rings.